The zero-order valence-electron chi connectivity index (χ0n) is 23.0. The van der Waals surface area contributed by atoms with Gasteiger partial charge in [0.1, 0.15) is 0 Å². The van der Waals surface area contributed by atoms with E-state index in [1.165, 1.54) is 25.1 Å². The van der Waals surface area contributed by atoms with Crippen LogP contribution < -0.4 is 11.1 Å². The molecule has 2 aromatic heterocycles. The molecule has 4 rings (SSSR count). The SMILES string of the molecule is CC(=N)OC(=N)c1c(CC2CC2(F)F)nc(CC(C)C)c(C(N)=O)c1-c1ccc(C(=O)NCc2ccc(F)c(F)c2)s1. The second-order valence-corrected chi connectivity index (χ2v) is 11.6. The summed E-state index contributed by atoms with van der Waals surface area (Å²) in [7, 11) is 0. The third kappa shape index (κ3) is 6.84. The maximum absolute atomic E-state index is 14.0. The summed E-state index contributed by atoms with van der Waals surface area (Å²) in [6.45, 7) is 4.97. The van der Waals surface area contributed by atoms with Gasteiger partial charge in [0.05, 0.1) is 27.4 Å². The minimum atomic E-state index is -2.89. The molecule has 1 saturated carbocycles. The summed E-state index contributed by atoms with van der Waals surface area (Å²) in [5.74, 6) is -8.29. The number of primary amides is 1. The van der Waals surface area contributed by atoms with E-state index in [1.807, 2.05) is 13.8 Å². The maximum Gasteiger partial charge on any atom is 0.261 e. The number of benzene rings is 1. The average Bonchev–Trinajstić information content (AvgIpc) is 3.24. The molecular formula is C29H29F4N5O3S. The van der Waals surface area contributed by atoms with Gasteiger partial charge in [-0.25, -0.2) is 17.6 Å². The van der Waals surface area contributed by atoms with Crippen LogP contribution in [0.25, 0.3) is 10.4 Å². The van der Waals surface area contributed by atoms with Crippen molar-refractivity contribution >= 4 is 34.9 Å². The third-order valence-corrected chi connectivity index (χ3v) is 7.69. The monoisotopic (exact) mass is 603 g/mol. The lowest BCUT2D eigenvalue weighted by atomic mass is 9.91. The Labute approximate surface area is 243 Å². The maximum atomic E-state index is 14.0. The smallest absolute Gasteiger partial charge is 0.261 e. The van der Waals surface area contributed by atoms with Gasteiger partial charge in [-0.15, -0.1) is 11.3 Å². The summed E-state index contributed by atoms with van der Waals surface area (Å²) in [4.78, 5) is 30.9. The Kier molecular flexibility index (Phi) is 8.81. The number of nitrogens with zero attached hydrogens (tertiary/aromatic N) is 1. The zero-order chi connectivity index (χ0) is 30.9. The van der Waals surface area contributed by atoms with Crippen LogP contribution in [-0.4, -0.2) is 34.5 Å². The Morgan fingerprint density at radius 2 is 1.83 bits per heavy atom. The number of carbonyl (C=O) groups is 2. The zero-order valence-corrected chi connectivity index (χ0v) is 23.9. The molecule has 1 unspecified atom stereocenters. The van der Waals surface area contributed by atoms with Gasteiger partial charge in [-0.3, -0.25) is 25.4 Å². The van der Waals surface area contributed by atoms with Crippen molar-refractivity contribution in [3.63, 3.8) is 0 Å². The van der Waals surface area contributed by atoms with E-state index in [-0.39, 0.29) is 70.6 Å². The Morgan fingerprint density at radius 3 is 2.40 bits per heavy atom. The number of thiophene rings is 1. The van der Waals surface area contributed by atoms with Crippen LogP contribution in [0.15, 0.2) is 30.3 Å². The standard InChI is InChI=1S/C29H29F4N5O3S/c1-13(2)8-19-23(26(35)39)25(24(27(36)41-14(3)34)20(38-19)10-16-11-29(16,32)33)21-6-7-22(42-21)28(40)37-12-15-4-5-17(30)18(31)9-15/h4-7,9,13,16,34,36H,8,10-12H2,1-3H3,(H2,35,39)(H,37,40). The number of hydrogen-bond acceptors (Lipinski definition) is 7. The van der Waals surface area contributed by atoms with Gasteiger partial charge in [0.2, 0.25) is 5.90 Å². The Bertz CT molecular complexity index is 1590. The third-order valence-electron chi connectivity index (χ3n) is 6.59. The highest BCUT2D eigenvalue weighted by molar-refractivity contribution is 7.17. The van der Waals surface area contributed by atoms with Gasteiger partial charge in [0.25, 0.3) is 17.7 Å². The summed E-state index contributed by atoms with van der Waals surface area (Å²) in [6.07, 6.45) is -0.265. The van der Waals surface area contributed by atoms with Crippen LogP contribution in [0.4, 0.5) is 17.6 Å². The van der Waals surface area contributed by atoms with E-state index in [4.69, 9.17) is 21.3 Å². The van der Waals surface area contributed by atoms with Crippen molar-refractivity contribution in [2.24, 2.45) is 17.6 Å². The number of amides is 2. The molecule has 1 atom stereocenters. The number of pyridine rings is 1. The molecule has 2 amide bonds. The van der Waals surface area contributed by atoms with Gasteiger partial charge < -0.3 is 15.8 Å². The van der Waals surface area contributed by atoms with Crippen molar-refractivity contribution in [2.45, 2.75) is 52.5 Å². The van der Waals surface area contributed by atoms with Crippen LogP contribution in [0.2, 0.25) is 0 Å². The predicted octanol–water partition coefficient (Wildman–Crippen LogP) is 5.85. The van der Waals surface area contributed by atoms with Crippen molar-refractivity contribution < 1.29 is 31.9 Å². The van der Waals surface area contributed by atoms with Crippen LogP contribution in [0.1, 0.15) is 69.7 Å². The highest BCUT2D eigenvalue weighted by atomic mass is 32.1. The van der Waals surface area contributed by atoms with Crippen LogP contribution >= 0.6 is 11.3 Å². The van der Waals surface area contributed by atoms with E-state index in [2.05, 4.69) is 10.3 Å². The number of nitrogens with one attached hydrogen (secondary N) is 3. The van der Waals surface area contributed by atoms with E-state index in [1.54, 1.807) is 0 Å². The van der Waals surface area contributed by atoms with Crippen molar-refractivity contribution in [1.29, 1.82) is 10.8 Å². The van der Waals surface area contributed by atoms with Crippen molar-refractivity contribution in [3.05, 3.63) is 74.9 Å². The lowest BCUT2D eigenvalue weighted by Gasteiger charge is -2.21. The number of halogens is 4. The summed E-state index contributed by atoms with van der Waals surface area (Å²) in [5, 5.41) is 19.0. The average molecular weight is 604 g/mol. The number of nitrogens with two attached hydrogens (primary N) is 1. The van der Waals surface area contributed by atoms with E-state index in [0.29, 0.717) is 10.4 Å². The van der Waals surface area contributed by atoms with E-state index in [0.717, 1.165) is 23.5 Å². The first-order valence-electron chi connectivity index (χ1n) is 13.1. The molecule has 1 aliphatic carbocycles. The van der Waals surface area contributed by atoms with Gasteiger partial charge >= 0.3 is 0 Å². The topological polar surface area (TPSA) is 142 Å². The molecule has 1 fully saturated rings. The Balaban J connectivity index is 1.81. The Morgan fingerprint density at radius 1 is 1.14 bits per heavy atom. The van der Waals surface area contributed by atoms with Gasteiger partial charge in [0.15, 0.2) is 17.5 Å². The molecule has 13 heteroatoms. The first kappa shape index (κ1) is 30.8. The molecule has 5 N–H and O–H groups in total. The number of rotatable bonds is 10. The minimum absolute atomic E-state index is 0.00464. The second kappa shape index (κ2) is 12.0. The van der Waals surface area contributed by atoms with Gasteiger partial charge in [-0.1, -0.05) is 19.9 Å². The summed E-state index contributed by atoms with van der Waals surface area (Å²) >= 11 is 0.952. The molecule has 0 radical (unpaired) electrons. The van der Waals surface area contributed by atoms with E-state index >= 15 is 0 Å². The number of hydrogen-bond donors (Lipinski definition) is 4. The lowest BCUT2D eigenvalue weighted by Crippen LogP contribution is -2.23. The molecule has 8 nitrogen and oxygen atoms in total. The highest BCUT2D eigenvalue weighted by Crippen LogP contribution is 2.51. The van der Waals surface area contributed by atoms with Crippen LogP contribution in [0.3, 0.4) is 0 Å². The van der Waals surface area contributed by atoms with Crippen LogP contribution in [0.5, 0.6) is 0 Å². The molecule has 0 spiro atoms. The number of ether oxygens (including phenoxy) is 1. The number of aromatic nitrogens is 1. The fourth-order valence-corrected chi connectivity index (χ4v) is 5.55. The Hall–Kier alpha value is -4.13. The first-order valence-corrected chi connectivity index (χ1v) is 13.9. The molecule has 1 aromatic carbocycles. The largest absolute Gasteiger partial charge is 0.425 e. The molecule has 1 aliphatic rings. The van der Waals surface area contributed by atoms with Crippen molar-refractivity contribution in [1.82, 2.24) is 10.3 Å². The lowest BCUT2D eigenvalue weighted by molar-refractivity contribution is 0.0952. The molecular weight excluding hydrogens is 574 g/mol. The summed E-state index contributed by atoms with van der Waals surface area (Å²) in [5.41, 5.74) is 6.56. The minimum Gasteiger partial charge on any atom is -0.425 e. The predicted molar refractivity (Wildman–Crippen MR) is 150 cm³/mol. The fourth-order valence-electron chi connectivity index (χ4n) is 4.57. The van der Waals surface area contributed by atoms with Crippen LogP contribution in [0, 0.1) is 34.3 Å². The quantitative estimate of drug-likeness (QED) is 0.131. The number of carbonyl (C=O) groups excluding carboxylic acids is 2. The second-order valence-electron chi connectivity index (χ2n) is 10.5. The molecule has 222 valence electrons. The molecule has 0 aliphatic heterocycles. The van der Waals surface area contributed by atoms with E-state index in [9.17, 15) is 27.2 Å². The van der Waals surface area contributed by atoms with Crippen LogP contribution in [-0.2, 0) is 24.1 Å². The molecule has 2 heterocycles. The molecule has 42 heavy (non-hydrogen) atoms. The molecule has 3 aromatic rings. The number of alkyl halides is 2. The molecule has 0 bridgehead atoms. The summed E-state index contributed by atoms with van der Waals surface area (Å²) < 4.78 is 60.1. The first-order chi connectivity index (χ1) is 19.7. The highest BCUT2D eigenvalue weighted by Gasteiger charge is 2.57. The van der Waals surface area contributed by atoms with Gasteiger partial charge in [-0.2, -0.15) is 0 Å². The van der Waals surface area contributed by atoms with Gasteiger partial charge in [-0.05, 0) is 48.6 Å². The normalized spacial score (nSPS) is 15.4. The fraction of sp³-hybridized carbons (Fsp3) is 0.345. The van der Waals surface area contributed by atoms with Crippen molar-refractivity contribution in [3.8, 4) is 10.4 Å². The summed E-state index contributed by atoms with van der Waals surface area (Å²) in [6, 6.07) is 6.25. The van der Waals surface area contributed by atoms with E-state index < -0.39 is 41.2 Å². The molecule has 0 saturated heterocycles. The van der Waals surface area contributed by atoms with Crippen molar-refractivity contribution in [2.75, 3.05) is 0 Å². The van der Waals surface area contributed by atoms with Gasteiger partial charge in [0, 0.05) is 36.2 Å².